The molecule has 0 aliphatic carbocycles. The number of rotatable bonds is 11. The number of benzene rings is 1. The molecule has 1 aromatic carbocycles. The molecule has 1 unspecified atom stereocenters. The van der Waals surface area contributed by atoms with E-state index in [1.54, 1.807) is 43.3 Å². The number of hydrogen-bond acceptors (Lipinski definition) is 6. The minimum Gasteiger partial charge on any atom is -0.497 e. The van der Waals surface area contributed by atoms with E-state index in [0.717, 1.165) is 43.3 Å². The zero-order chi connectivity index (χ0) is 25.5. The quantitative estimate of drug-likeness (QED) is 0.286. The van der Waals surface area contributed by atoms with Gasteiger partial charge in [-0.3, -0.25) is 9.78 Å². The van der Waals surface area contributed by atoms with Crippen LogP contribution in [0.1, 0.15) is 43.8 Å². The van der Waals surface area contributed by atoms with Crippen LogP contribution < -0.4 is 4.74 Å². The molecule has 0 spiro atoms. The first-order chi connectivity index (χ1) is 17.4. The number of piperidine rings is 1. The van der Waals surface area contributed by atoms with Crippen molar-refractivity contribution in [1.82, 2.24) is 14.9 Å². The summed E-state index contributed by atoms with van der Waals surface area (Å²) < 4.78 is 21.0. The number of carbonyl (C=O) groups is 1. The van der Waals surface area contributed by atoms with Gasteiger partial charge in [-0.05, 0) is 74.5 Å². The number of alkyl halides is 1. The lowest BCUT2D eigenvalue weighted by molar-refractivity contribution is -0.141. The Morgan fingerprint density at radius 2 is 2.08 bits per heavy atom. The SMILES string of the molecule is COc1ccc2ncc(Cl)c(C(F)CCC3(CC(=O)O)CCN(CCSc4ccccn4)CC3)c2c1. The van der Waals surface area contributed by atoms with E-state index in [2.05, 4.69) is 14.9 Å². The van der Waals surface area contributed by atoms with Crippen molar-refractivity contribution >= 4 is 40.2 Å². The Morgan fingerprint density at radius 3 is 2.78 bits per heavy atom. The molecule has 3 aromatic rings. The molecule has 0 amide bonds. The lowest BCUT2D eigenvalue weighted by Gasteiger charge is -2.41. The molecule has 9 heteroatoms. The fraction of sp³-hybridized carbons (Fsp3) is 0.444. The number of halogens is 2. The molecule has 4 rings (SSSR count). The van der Waals surface area contributed by atoms with Gasteiger partial charge in [0.2, 0.25) is 0 Å². The molecule has 0 bridgehead atoms. The van der Waals surface area contributed by atoms with E-state index in [4.69, 9.17) is 16.3 Å². The third-order valence-electron chi connectivity index (χ3n) is 7.05. The summed E-state index contributed by atoms with van der Waals surface area (Å²) >= 11 is 8.11. The number of fused-ring (bicyclic) bond motifs is 1. The molecule has 1 atom stereocenters. The number of carboxylic acids is 1. The van der Waals surface area contributed by atoms with Crippen LogP contribution in [0.2, 0.25) is 5.02 Å². The Balaban J connectivity index is 1.39. The molecular formula is C27H31ClFN3O3S. The van der Waals surface area contributed by atoms with Crippen molar-refractivity contribution in [2.75, 3.05) is 32.5 Å². The Bertz CT molecular complexity index is 1180. The highest BCUT2D eigenvalue weighted by molar-refractivity contribution is 7.99. The number of methoxy groups -OCH3 is 1. The summed E-state index contributed by atoms with van der Waals surface area (Å²) in [5.74, 6) is 0.699. The van der Waals surface area contributed by atoms with Crippen LogP contribution in [0, 0.1) is 5.41 Å². The van der Waals surface area contributed by atoms with Gasteiger partial charge in [-0.1, -0.05) is 17.7 Å². The van der Waals surface area contributed by atoms with E-state index in [9.17, 15) is 9.90 Å². The molecule has 1 saturated heterocycles. The first-order valence-corrected chi connectivity index (χ1v) is 13.5. The number of carboxylic acid groups (broad SMARTS) is 1. The minimum atomic E-state index is -1.33. The van der Waals surface area contributed by atoms with Crippen molar-refractivity contribution < 1.29 is 19.0 Å². The van der Waals surface area contributed by atoms with Gasteiger partial charge in [0.25, 0.3) is 0 Å². The number of aliphatic carboxylic acids is 1. The monoisotopic (exact) mass is 531 g/mol. The Morgan fingerprint density at radius 1 is 1.28 bits per heavy atom. The highest BCUT2D eigenvalue weighted by atomic mass is 35.5. The molecule has 1 fully saturated rings. The summed E-state index contributed by atoms with van der Waals surface area (Å²) in [6.45, 7) is 2.53. The van der Waals surface area contributed by atoms with Gasteiger partial charge in [0, 0.05) is 35.6 Å². The summed E-state index contributed by atoms with van der Waals surface area (Å²) in [5.41, 5.74) is 0.623. The summed E-state index contributed by atoms with van der Waals surface area (Å²) in [6.07, 6.45) is 4.16. The molecular weight excluding hydrogens is 501 g/mol. The molecule has 2 aromatic heterocycles. The number of aromatic nitrogens is 2. The zero-order valence-corrected chi connectivity index (χ0v) is 21.9. The van der Waals surface area contributed by atoms with Crippen molar-refractivity contribution in [3.63, 3.8) is 0 Å². The molecule has 1 N–H and O–H groups in total. The largest absolute Gasteiger partial charge is 0.497 e. The van der Waals surface area contributed by atoms with E-state index >= 15 is 4.39 Å². The molecule has 6 nitrogen and oxygen atoms in total. The summed E-state index contributed by atoms with van der Waals surface area (Å²) in [4.78, 5) is 22.8. The second kappa shape index (κ2) is 12.2. The first-order valence-electron chi connectivity index (χ1n) is 12.1. The van der Waals surface area contributed by atoms with Gasteiger partial charge in [0.05, 0.1) is 29.1 Å². The first kappa shape index (κ1) is 26.6. The maximum atomic E-state index is 15.7. The number of nitrogens with zero attached hydrogens (tertiary/aromatic N) is 3. The summed E-state index contributed by atoms with van der Waals surface area (Å²) in [7, 11) is 1.56. The van der Waals surface area contributed by atoms with E-state index in [1.165, 1.54) is 6.20 Å². The third kappa shape index (κ3) is 6.66. The molecule has 36 heavy (non-hydrogen) atoms. The number of pyridine rings is 2. The van der Waals surface area contributed by atoms with Crippen LogP contribution in [-0.4, -0.2) is 58.4 Å². The zero-order valence-electron chi connectivity index (χ0n) is 20.3. The minimum absolute atomic E-state index is 0.0505. The number of thioether (sulfide) groups is 1. The molecule has 1 aliphatic rings. The van der Waals surface area contributed by atoms with Crippen molar-refractivity contribution in [3.8, 4) is 5.75 Å². The van der Waals surface area contributed by atoms with Crippen molar-refractivity contribution in [2.45, 2.75) is 43.3 Å². The maximum absolute atomic E-state index is 15.7. The topological polar surface area (TPSA) is 75.6 Å². The van der Waals surface area contributed by atoms with Gasteiger partial charge in [-0.25, -0.2) is 9.37 Å². The van der Waals surface area contributed by atoms with Crippen LogP contribution in [0.15, 0.2) is 53.8 Å². The van der Waals surface area contributed by atoms with E-state index in [1.807, 2.05) is 18.2 Å². The Kier molecular flexibility index (Phi) is 9.04. The second-order valence-corrected chi connectivity index (χ2v) is 10.9. The van der Waals surface area contributed by atoms with Crippen LogP contribution in [0.4, 0.5) is 4.39 Å². The average molecular weight is 532 g/mol. The Hall–Kier alpha value is -2.42. The molecule has 0 radical (unpaired) electrons. The smallest absolute Gasteiger partial charge is 0.303 e. The fourth-order valence-electron chi connectivity index (χ4n) is 4.99. The van der Waals surface area contributed by atoms with E-state index in [-0.39, 0.29) is 17.9 Å². The Labute approximate surface area is 220 Å². The molecule has 3 heterocycles. The van der Waals surface area contributed by atoms with Gasteiger partial charge in [0.1, 0.15) is 11.9 Å². The lowest BCUT2D eigenvalue weighted by atomic mass is 9.71. The lowest BCUT2D eigenvalue weighted by Crippen LogP contribution is -2.42. The number of likely N-dealkylation sites (tertiary alicyclic amines) is 1. The van der Waals surface area contributed by atoms with Gasteiger partial charge >= 0.3 is 5.97 Å². The highest BCUT2D eigenvalue weighted by Gasteiger charge is 2.37. The van der Waals surface area contributed by atoms with Crippen molar-refractivity contribution in [3.05, 3.63) is 59.4 Å². The van der Waals surface area contributed by atoms with Gasteiger partial charge in [-0.15, -0.1) is 11.8 Å². The molecule has 192 valence electrons. The van der Waals surface area contributed by atoms with Crippen LogP contribution >= 0.6 is 23.4 Å². The van der Waals surface area contributed by atoms with Gasteiger partial charge in [-0.2, -0.15) is 0 Å². The predicted octanol–water partition coefficient (Wildman–Crippen LogP) is 6.43. The third-order valence-corrected chi connectivity index (χ3v) is 8.27. The predicted molar refractivity (Wildman–Crippen MR) is 142 cm³/mol. The number of ether oxygens (including phenoxy) is 1. The average Bonchev–Trinajstić information content (AvgIpc) is 2.88. The summed E-state index contributed by atoms with van der Waals surface area (Å²) in [5, 5.41) is 11.5. The standard InChI is InChI=1S/C27H31ClFN3O3S/c1-35-19-5-6-23-20(16-19)26(21(28)18-31-23)22(29)7-8-27(17-25(33)34)9-12-32(13-10-27)14-15-36-24-4-2-3-11-30-24/h2-6,11,16,18,22H,7-10,12-15,17H2,1H3,(H,33,34). The summed E-state index contributed by atoms with van der Waals surface area (Å²) in [6, 6.07) is 11.2. The number of hydrogen-bond donors (Lipinski definition) is 1. The second-order valence-electron chi connectivity index (χ2n) is 9.34. The molecule has 0 saturated carbocycles. The van der Waals surface area contributed by atoms with Crippen LogP contribution in [0.3, 0.4) is 0 Å². The van der Waals surface area contributed by atoms with Gasteiger partial charge < -0.3 is 14.7 Å². The maximum Gasteiger partial charge on any atom is 0.303 e. The van der Waals surface area contributed by atoms with Crippen molar-refractivity contribution in [1.29, 1.82) is 0 Å². The normalized spacial score (nSPS) is 16.6. The van der Waals surface area contributed by atoms with Crippen LogP contribution in [-0.2, 0) is 4.79 Å². The van der Waals surface area contributed by atoms with Crippen molar-refractivity contribution in [2.24, 2.45) is 5.41 Å². The fourth-order valence-corrected chi connectivity index (χ4v) is 6.13. The van der Waals surface area contributed by atoms with Gasteiger partial charge in [0.15, 0.2) is 0 Å². The molecule has 1 aliphatic heterocycles. The highest BCUT2D eigenvalue weighted by Crippen LogP contribution is 2.44. The van der Waals surface area contributed by atoms with Crippen LogP contribution in [0.25, 0.3) is 10.9 Å². The van der Waals surface area contributed by atoms with E-state index in [0.29, 0.717) is 28.6 Å². The van der Waals surface area contributed by atoms with E-state index < -0.39 is 17.6 Å². The van der Waals surface area contributed by atoms with Crippen LogP contribution in [0.5, 0.6) is 5.75 Å².